The topological polar surface area (TPSA) is 39.2 Å². The van der Waals surface area contributed by atoms with Crippen LogP contribution in [0.25, 0.3) is 10.9 Å². The van der Waals surface area contributed by atoms with E-state index in [1.165, 1.54) is 6.20 Å². The lowest BCUT2D eigenvalue weighted by Gasteiger charge is -2.07. The van der Waals surface area contributed by atoms with E-state index in [1.54, 1.807) is 25.3 Å². The van der Waals surface area contributed by atoms with Gasteiger partial charge in [0.1, 0.15) is 17.9 Å². The average molecular weight is 233 g/mol. The summed E-state index contributed by atoms with van der Waals surface area (Å²) in [6.07, 6.45) is 2.65. The van der Waals surface area contributed by atoms with Crippen LogP contribution in [0.5, 0.6) is 5.75 Å². The summed E-state index contributed by atoms with van der Waals surface area (Å²) < 4.78 is 18.8. The second kappa shape index (κ2) is 4.91. The molecule has 0 saturated carbocycles. The third-order valence-corrected chi connectivity index (χ3v) is 2.65. The molecule has 0 bridgehead atoms. The highest BCUT2D eigenvalue weighted by molar-refractivity contribution is 5.83. The highest BCUT2D eigenvalue weighted by Crippen LogP contribution is 2.25. The van der Waals surface area contributed by atoms with Crippen molar-refractivity contribution in [3.8, 4) is 5.75 Å². The van der Waals surface area contributed by atoms with Gasteiger partial charge in [-0.3, -0.25) is 4.98 Å². The van der Waals surface area contributed by atoms with Crippen LogP contribution in [0.3, 0.4) is 0 Å². The maximum absolute atomic E-state index is 13.7. The summed E-state index contributed by atoms with van der Waals surface area (Å²) >= 11 is 0. The summed E-state index contributed by atoms with van der Waals surface area (Å²) in [7, 11) is 1.55. The maximum Gasteiger partial charge on any atom is 0.145 e. The Morgan fingerprint density at radius 2 is 2.29 bits per heavy atom. The van der Waals surface area contributed by atoms with Crippen molar-refractivity contribution < 1.29 is 13.9 Å². The molecule has 2 aromatic rings. The van der Waals surface area contributed by atoms with Gasteiger partial charge in [0, 0.05) is 11.8 Å². The molecule has 0 radical (unpaired) electrons. The summed E-state index contributed by atoms with van der Waals surface area (Å²) in [5, 5.41) is 0.700. The van der Waals surface area contributed by atoms with Crippen molar-refractivity contribution in [2.45, 2.75) is 12.8 Å². The number of aldehydes is 1. The number of carbonyl (C=O) groups is 1. The third-order valence-electron chi connectivity index (χ3n) is 2.65. The monoisotopic (exact) mass is 233 g/mol. The van der Waals surface area contributed by atoms with E-state index in [-0.39, 0.29) is 5.82 Å². The molecule has 1 aromatic heterocycles. The Morgan fingerprint density at radius 3 is 3.00 bits per heavy atom. The van der Waals surface area contributed by atoms with Crippen LogP contribution in [0.4, 0.5) is 4.39 Å². The molecule has 0 amide bonds. The van der Waals surface area contributed by atoms with Gasteiger partial charge < -0.3 is 9.53 Å². The number of hydrogen-bond acceptors (Lipinski definition) is 3. The standard InChI is InChI=1S/C13H12FNO2/c1-17-9-4-5-13-11(7-9)10(3-2-6-16)12(14)8-15-13/h4-8H,2-3H2,1H3. The van der Waals surface area contributed by atoms with Gasteiger partial charge in [0.25, 0.3) is 0 Å². The Kier molecular flexibility index (Phi) is 3.32. The van der Waals surface area contributed by atoms with E-state index < -0.39 is 0 Å². The van der Waals surface area contributed by atoms with Gasteiger partial charge in [0.15, 0.2) is 0 Å². The molecule has 0 aliphatic heterocycles. The molecule has 0 saturated heterocycles. The molecular formula is C13H12FNO2. The highest BCUT2D eigenvalue weighted by atomic mass is 19.1. The Bertz CT molecular complexity index is 554. The van der Waals surface area contributed by atoms with Crippen molar-refractivity contribution in [1.82, 2.24) is 4.98 Å². The first kappa shape index (κ1) is 11.5. The number of rotatable bonds is 4. The number of hydrogen-bond donors (Lipinski definition) is 0. The number of fused-ring (bicyclic) bond motifs is 1. The molecule has 88 valence electrons. The zero-order valence-corrected chi connectivity index (χ0v) is 9.44. The highest BCUT2D eigenvalue weighted by Gasteiger charge is 2.09. The summed E-state index contributed by atoms with van der Waals surface area (Å²) in [5.74, 6) is 0.268. The van der Waals surface area contributed by atoms with Crippen molar-refractivity contribution in [3.05, 3.63) is 35.8 Å². The van der Waals surface area contributed by atoms with Crippen molar-refractivity contribution in [1.29, 1.82) is 0 Å². The minimum absolute atomic E-state index is 0.299. The van der Waals surface area contributed by atoms with Crippen LogP contribution in [0.15, 0.2) is 24.4 Å². The molecule has 17 heavy (non-hydrogen) atoms. The van der Waals surface area contributed by atoms with E-state index in [0.29, 0.717) is 35.1 Å². The van der Waals surface area contributed by atoms with Crippen LogP contribution < -0.4 is 4.74 Å². The quantitative estimate of drug-likeness (QED) is 0.762. The van der Waals surface area contributed by atoms with Crippen LogP contribution in [0.1, 0.15) is 12.0 Å². The van der Waals surface area contributed by atoms with Crippen molar-refractivity contribution in [2.24, 2.45) is 0 Å². The van der Waals surface area contributed by atoms with E-state index >= 15 is 0 Å². The Hall–Kier alpha value is -1.97. The number of aromatic nitrogens is 1. The second-order valence-corrected chi connectivity index (χ2v) is 3.67. The van der Waals surface area contributed by atoms with E-state index in [0.717, 1.165) is 6.29 Å². The zero-order valence-electron chi connectivity index (χ0n) is 9.44. The van der Waals surface area contributed by atoms with Gasteiger partial charge in [0.05, 0.1) is 18.8 Å². The smallest absolute Gasteiger partial charge is 0.145 e. The molecule has 2 rings (SSSR count). The lowest BCUT2D eigenvalue weighted by atomic mass is 10.0. The number of halogens is 1. The first-order valence-electron chi connectivity index (χ1n) is 5.31. The van der Waals surface area contributed by atoms with Gasteiger partial charge in [0.2, 0.25) is 0 Å². The number of ether oxygens (including phenoxy) is 1. The van der Waals surface area contributed by atoms with E-state index in [1.807, 2.05) is 0 Å². The van der Waals surface area contributed by atoms with Crippen LogP contribution >= 0.6 is 0 Å². The number of nitrogens with zero attached hydrogens (tertiary/aromatic N) is 1. The van der Waals surface area contributed by atoms with Gasteiger partial charge in [-0.05, 0) is 30.2 Å². The van der Waals surface area contributed by atoms with Gasteiger partial charge >= 0.3 is 0 Å². The molecule has 4 heteroatoms. The van der Waals surface area contributed by atoms with E-state index in [4.69, 9.17) is 4.74 Å². The Balaban J connectivity index is 2.59. The second-order valence-electron chi connectivity index (χ2n) is 3.67. The van der Waals surface area contributed by atoms with Gasteiger partial charge in [-0.25, -0.2) is 4.39 Å². The van der Waals surface area contributed by atoms with Gasteiger partial charge in [-0.15, -0.1) is 0 Å². The molecule has 0 unspecified atom stereocenters. The molecule has 0 aliphatic carbocycles. The van der Waals surface area contributed by atoms with E-state index in [2.05, 4.69) is 4.98 Å². The number of pyridine rings is 1. The van der Waals surface area contributed by atoms with Crippen LogP contribution in [0.2, 0.25) is 0 Å². The van der Waals surface area contributed by atoms with Crippen LogP contribution in [0, 0.1) is 5.82 Å². The maximum atomic E-state index is 13.7. The molecular weight excluding hydrogens is 221 g/mol. The Morgan fingerprint density at radius 1 is 1.47 bits per heavy atom. The lowest BCUT2D eigenvalue weighted by Crippen LogP contribution is -1.96. The Labute approximate surface area is 98.2 Å². The average Bonchev–Trinajstić information content (AvgIpc) is 2.37. The zero-order chi connectivity index (χ0) is 12.3. The molecule has 0 aliphatic rings. The number of methoxy groups -OCH3 is 1. The molecule has 3 nitrogen and oxygen atoms in total. The van der Waals surface area contributed by atoms with Crippen LogP contribution in [-0.4, -0.2) is 18.4 Å². The molecule has 0 spiro atoms. The minimum atomic E-state index is -0.382. The summed E-state index contributed by atoms with van der Waals surface area (Å²) in [6, 6.07) is 5.29. The SMILES string of the molecule is COc1ccc2ncc(F)c(CCC=O)c2c1. The van der Waals surface area contributed by atoms with Gasteiger partial charge in [-0.2, -0.15) is 0 Å². The first-order chi connectivity index (χ1) is 8.26. The minimum Gasteiger partial charge on any atom is -0.497 e. The summed E-state index contributed by atoms with van der Waals surface area (Å²) in [5.41, 5.74) is 1.22. The predicted octanol–water partition coefficient (Wildman–Crippen LogP) is 2.51. The largest absolute Gasteiger partial charge is 0.497 e. The van der Waals surface area contributed by atoms with Crippen molar-refractivity contribution >= 4 is 17.2 Å². The normalized spacial score (nSPS) is 10.5. The molecule has 0 N–H and O–H groups in total. The fraction of sp³-hybridized carbons (Fsp3) is 0.231. The fourth-order valence-electron chi connectivity index (χ4n) is 1.79. The fourth-order valence-corrected chi connectivity index (χ4v) is 1.79. The predicted molar refractivity (Wildman–Crippen MR) is 62.6 cm³/mol. The molecule has 1 aromatic carbocycles. The number of carbonyl (C=O) groups excluding carboxylic acids is 1. The van der Waals surface area contributed by atoms with Crippen molar-refractivity contribution in [2.75, 3.05) is 7.11 Å². The lowest BCUT2D eigenvalue weighted by molar-refractivity contribution is -0.107. The van der Waals surface area contributed by atoms with Gasteiger partial charge in [-0.1, -0.05) is 0 Å². The van der Waals surface area contributed by atoms with E-state index in [9.17, 15) is 9.18 Å². The molecule has 1 heterocycles. The molecule has 0 fully saturated rings. The number of benzene rings is 1. The number of aryl methyl sites for hydroxylation is 1. The molecule has 0 atom stereocenters. The van der Waals surface area contributed by atoms with Crippen LogP contribution in [-0.2, 0) is 11.2 Å². The third kappa shape index (κ3) is 2.25. The summed E-state index contributed by atoms with van der Waals surface area (Å²) in [4.78, 5) is 14.4. The van der Waals surface area contributed by atoms with Crippen molar-refractivity contribution in [3.63, 3.8) is 0 Å². The first-order valence-corrected chi connectivity index (χ1v) is 5.31. The summed E-state index contributed by atoms with van der Waals surface area (Å²) in [6.45, 7) is 0.